The Labute approximate surface area is 165 Å². The van der Waals surface area contributed by atoms with Crippen molar-refractivity contribution < 1.29 is 24.2 Å². The fourth-order valence-corrected chi connectivity index (χ4v) is 4.01. The lowest BCUT2D eigenvalue weighted by atomic mass is 9.80. The van der Waals surface area contributed by atoms with Crippen LogP contribution in [0.1, 0.15) is 31.2 Å². The summed E-state index contributed by atoms with van der Waals surface area (Å²) in [6.45, 7) is 2.75. The highest BCUT2D eigenvalue weighted by Gasteiger charge is 2.44. The van der Waals surface area contributed by atoms with E-state index in [0.717, 1.165) is 22.1 Å². The van der Waals surface area contributed by atoms with Crippen LogP contribution in [-0.4, -0.2) is 55.8 Å². The number of piperidine rings is 1. The molecule has 0 bridgehead atoms. The summed E-state index contributed by atoms with van der Waals surface area (Å²) in [6.07, 6.45) is 1.18. The highest BCUT2D eigenvalue weighted by atomic mass is 16.5. The van der Waals surface area contributed by atoms with Crippen LogP contribution < -0.4 is 4.74 Å². The van der Waals surface area contributed by atoms with Crippen LogP contribution in [-0.2, 0) is 14.3 Å². The number of benzene rings is 2. The third kappa shape index (κ3) is 3.83. The van der Waals surface area contributed by atoms with Crippen LogP contribution in [0.5, 0.6) is 5.75 Å². The zero-order valence-electron chi connectivity index (χ0n) is 16.6. The number of methoxy groups -OCH3 is 2. The molecule has 0 radical (unpaired) electrons. The molecule has 1 amide bonds. The fraction of sp³-hybridized carbons (Fsp3) is 0.455. The number of amides is 1. The van der Waals surface area contributed by atoms with Gasteiger partial charge in [0, 0.05) is 20.2 Å². The lowest BCUT2D eigenvalue weighted by Crippen LogP contribution is -2.52. The van der Waals surface area contributed by atoms with Crippen LogP contribution >= 0.6 is 0 Å². The minimum absolute atomic E-state index is 0.0470. The molecule has 2 unspecified atom stereocenters. The predicted molar refractivity (Wildman–Crippen MR) is 107 cm³/mol. The number of aliphatic carboxylic acids is 1. The molecule has 1 N–H and O–H groups in total. The average Bonchev–Trinajstić information content (AvgIpc) is 2.72. The quantitative estimate of drug-likeness (QED) is 0.826. The summed E-state index contributed by atoms with van der Waals surface area (Å²) in [7, 11) is 3.13. The molecule has 0 spiro atoms. The van der Waals surface area contributed by atoms with Gasteiger partial charge in [-0.15, -0.1) is 0 Å². The largest absolute Gasteiger partial charge is 0.497 e. The summed E-state index contributed by atoms with van der Waals surface area (Å²) in [4.78, 5) is 26.6. The van der Waals surface area contributed by atoms with Crippen molar-refractivity contribution in [2.24, 2.45) is 5.41 Å². The smallest absolute Gasteiger partial charge is 0.313 e. The molecule has 6 heteroatoms. The van der Waals surface area contributed by atoms with Gasteiger partial charge in [0.15, 0.2) is 0 Å². The predicted octanol–water partition coefficient (Wildman–Crippen LogP) is 3.29. The summed E-state index contributed by atoms with van der Waals surface area (Å²) >= 11 is 0. The van der Waals surface area contributed by atoms with Gasteiger partial charge in [-0.3, -0.25) is 9.59 Å². The number of carboxylic acid groups (broad SMARTS) is 1. The number of likely N-dealkylation sites (tertiary alicyclic amines) is 1. The van der Waals surface area contributed by atoms with Gasteiger partial charge < -0.3 is 19.5 Å². The van der Waals surface area contributed by atoms with Gasteiger partial charge in [-0.25, -0.2) is 0 Å². The maximum absolute atomic E-state index is 13.1. The van der Waals surface area contributed by atoms with Crippen molar-refractivity contribution in [3.05, 3.63) is 42.0 Å². The van der Waals surface area contributed by atoms with Crippen molar-refractivity contribution in [3.63, 3.8) is 0 Å². The molecular weight excluding hydrogens is 358 g/mol. The first-order valence-corrected chi connectivity index (χ1v) is 9.49. The number of nitrogens with zero attached hydrogens (tertiary/aromatic N) is 1. The standard InChI is InChI=1S/C22H27NO5/c1-15(16-5-6-18-12-19(28-3)8-7-17(18)11-16)20(24)23-10-4-9-22(13-23,14-27-2)21(25)26/h5-8,11-12,15H,4,9-10,13-14H2,1-3H3,(H,25,26). The molecule has 6 nitrogen and oxygen atoms in total. The molecule has 1 aliphatic rings. The maximum atomic E-state index is 13.1. The number of hydrogen-bond donors (Lipinski definition) is 1. The Morgan fingerprint density at radius 3 is 2.57 bits per heavy atom. The Morgan fingerprint density at radius 2 is 1.89 bits per heavy atom. The van der Waals surface area contributed by atoms with Gasteiger partial charge >= 0.3 is 5.97 Å². The molecule has 1 saturated heterocycles. The lowest BCUT2D eigenvalue weighted by Gasteiger charge is -2.40. The highest BCUT2D eigenvalue weighted by Crippen LogP contribution is 2.33. The first-order valence-electron chi connectivity index (χ1n) is 9.49. The van der Waals surface area contributed by atoms with Crippen molar-refractivity contribution >= 4 is 22.6 Å². The van der Waals surface area contributed by atoms with E-state index in [-0.39, 0.29) is 25.0 Å². The molecule has 2 aromatic rings. The van der Waals surface area contributed by atoms with E-state index in [1.807, 2.05) is 43.3 Å². The SMILES string of the molecule is COCC1(C(=O)O)CCCN(C(=O)C(C)c2ccc3cc(OC)ccc3c2)C1. The van der Waals surface area contributed by atoms with Crippen molar-refractivity contribution in [1.29, 1.82) is 0 Å². The molecule has 28 heavy (non-hydrogen) atoms. The topological polar surface area (TPSA) is 76.1 Å². The molecule has 1 heterocycles. The van der Waals surface area contributed by atoms with E-state index in [1.54, 1.807) is 12.0 Å². The Bertz CT molecular complexity index is 876. The number of fused-ring (bicyclic) bond motifs is 1. The third-order valence-corrected chi connectivity index (χ3v) is 5.70. The second-order valence-corrected chi connectivity index (χ2v) is 7.58. The van der Waals surface area contributed by atoms with E-state index < -0.39 is 11.4 Å². The number of carboxylic acids is 1. The highest BCUT2D eigenvalue weighted by molar-refractivity contribution is 5.89. The Balaban J connectivity index is 1.81. The normalized spacial score (nSPS) is 20.8. The van der Waals surface area contributed by atoms with Crippen molar-refractivity contribution in [1.82, 2.24) is 4.90 Å². The number of carbonyl (C=O) groups is 2. The van der Waals surface area contributed by atoms with E-state index in [0.29, 0.717) is 19.4 Å². The maximum Gasteiger partial charge on any atom is 0.313 e. The van der Waals surface area contributed by atoms with E-state index in [4.69, 9.17) is 9.47 Å². The summed E-state index contributed by atoms with van der Waals surface area (Å²) in [5.74, 6) is -0.507. The van der Waals surface area contributed by atoms with Crippen LogP contribution in [0.4, 0.5) is 0 Å². The Hall–Kier alpha value is -2.60. The molecule has 1 fully saturated rings. The second kappa shape index (κ2) is 8.19. The first kappa shape index (κ1) is 20.1. The zero-order valence-corrected chi connectivity index (χ0v) is 16.6. The molecule has 0 saturated carbocycles. The monoisotopic (exact) mass is 385 g/mol. The van der Waals surface area contributed by atoms with E-state index in [2.05, 4.69) is 0 Å². The van der Waals surface area contributed by atoms with Crippen LogP contribution in [0.3, 0.4) is 0 Å². The lowest BCUT2D eigenvalue weighted by molar-refractivity contribution is -0.159. The van der Waals surface area contributed by atoms with Crippen LogP contribution in [0, 0.1) is 5.41 Å². The fourth-order valence-electron chi connectivity index (χ4n) is 4.01. The van der Waals surface area contributed by atoms with Crippen LogP contribution in [0.2, 0.25) is 0 Å². The number of rotatable bonds is 6. The first-order chi connectivity index (χ1) is 13.4. The molecule has 1 aliphatic heterocycles. The molecule has 2 aromatic carbocycles. The van der Waals surface area contributed by atoms with Gasteiger partial charge in [-0.1, -0.05) is 24.3 Å². The second-order valence-electron chi connectivity index (χ2n) is 7.58. The van der Waals surface area contributed by atoms with Crippen molar-refractivity contribution in [3.8, 4) is 5.75 Å². The van der Waals surface area contributed by atoms with Crippen molar-refractivity contribution in [2.75, 3.05) is 33.9 Å². The van der Waals surface area contributed by atoms with E-state index >= 15 is 0 Å². The zero-order chi connectivity index (χ0) is 20.3. The van der Waals surface area contributed by atoms with Gasteiger partial charge in [0.1, 0.15) is 11.2 Å². The summed E-state index contributed by atoms with van der Waals surface area (Å²) in [6, 6.07) is 11.8. The molecule has 2 atom stereocenters. The van der Waals surface area contributed by atoms with Gasteiger partial charge in [0.2, 0.25) is 5.91 Å². The average molecular weight is 385 g/mol. The minimum Gasteiger partial charge on any atom is -0.497 e. The summed E-state index contributed by atoms with van der Waals surface area (Å²) in [5, 5.41) is 11.8. The van der Waals surface area contributed by atoms with Gasteiger partial charge in [0.05, 0.1) is 19.6 Å². The number of ether oxygens (including phenoxy) is 2. The van der Waals surface area contributed by atoms with Crippen molar-refractivity contribution in [2.45, 2.75) is 25.7 Å². The van der Waals surface area contributed by atoms with Crippen LogP contribution in [0.15, 0.2) is 36.4 Å². The number of hydrogen-bond acceptors (Lipinski definition) is 4. The molecule has 150 valence electrons. The Morgan fingerprint density at radius 1 is 1.18 bits per heavy atom. The van der Waals surface area contributed by atoms with Crippen LogP contribution in [0.25, 0.3) is 10.8 Å². The van der Waals surface area contributed by atoms with E-state index in [1.165, 1.54) is 7.11 Å². The molecule has 0 aromatic heterocycles. The summed E-state index contributed by atoms with van der Waals surface area (Å²) in [5.41, 5.74) is -0.108. The minimum atomic E-state index is -1.03. The molecule has 3 rings (SSSR count). The molecular formula is C22H27NO5. The Kier molecular flexibility index (Phi) is 5.89. The summed E-state index contributed by atoms with van der Waals surface area (Å²) < 4.78 is 10.4. The third-order valence-electron chi connectivity index (χ3n) is 5.70. The van der Waals surface area contributed by atoms with Gasteiger partial charge in [-0.05, 0) is 48.2 Å². The van der Waals surface area contributed by atoms with Gasteiger partial charge in [0.25, 0.3) is 0 Å². The molecule has 0 aliphatic carbocycles. The number of carbonyl (C=O) groups excluding carboxylic acids is 1. The van der Waals surface area contributed by atoms with E-state index in [9.17, 15) is 14.7 Å². The van der Waals surface area contributed by atoms with Gasteiger partial charge in [-0.2, -0.15) is 0 Å².